The number of rotatable bonds is 4. The standard InChI is InChI=1S/C12H17N7O2/c1-8-7-9(18-17-8)21-12-15-10(13-2)14-11(16-12)19-3-5-20-6-4-19/h7H,3-6H2,1-2H3,(H,17,18)(H,13,14,15,16). The monoisotopic (exact) mass is 291 g/mol. The van der Waals surface area contributed by atoms with E-state index in [9.17, 15) is 0 Å². The van der Waals surface area contributed by atoms with Crippen molar-refractivity contribution < 1.29 is 9.47 Å². The highest BCUT2D eigenvalue weighted by Gasteiger charge is 2.17. The van der Waals surface area contributed by atoms with Gasteiger partial charge in [0.2, 0.25) is 17.8 Å². The summed E-state index contributed by atoms with van der Waals surface area (Å²) >= 11 is 0. The van der Waals surface area contributed by atoms with Crippen molar-refractivity contribution in [2.75, 3.05) is 43.6 Å². The van der Waals surface area contributed by atoms with Gasteiger partial charge in [0.1, 0.15) is 0 Å². The number of H-pyrrole nitrogens is 1. The Morgan fingerprint density at radius 2 is 2.10 bits per heavy atom. The summed E-state index contributed by atoms with van der Waals surface area (Å²) in [6.45, 7) is 4.71. The van der Waals surface area contributed by atoms with Gasteiger partial charge in [-0.05, 0) is 6.92 Å². The molecule has 2 aromatic heterocycles. The van der Waals surface area contributed by atoms with Gasteiger partial charge in [0.05, 0.1) is 13.2 Å². The molecule has 0 amide bonds. The Morgan fingerprint density at radius 3 is 2.76 bits per heavy atom. The van der Waals surface area contributed by atoms with E-state index in [-0.39, 0.29) is 6.01 Å². The summed E-state index contributed by atoms with van der Waals surface area (Å²) < 4.78 is 10.9. The lowest BCUT2D eigenvalue weighted by Gasteiger charge is -2.26. The lowest BCUT2D eigenvalue weighted by atomic mass is 10.4. The second-order valence-corrected chi connectivity index (χ2v) is 4.58. The van der Waals surface area contributed by atoms with Crippen LogP contribution in [0.3, 0.4) is 0 Å². The number of hydrogen-bond acceptors (Lipinski definition) is 8. The van der Waals surface area contributed by atoms with E-state index < -0.39 is 0 Å². The van der Waals surface area contributed by atoms with Crippen molar-refractivity contribution in [1.82, 2.24) is 25.1 Å². The molecule has 9 nitrogen and oxygen atoms in total. The third kappa shape index (κ3) is 3.19. The Balaban J connectivity index is 1.85. The van der Waals surface area contributed by atoms with Gasteiger partial charge in [-0.2, -0.15) is 15.0 Å². The van der Waals surface area contributed by atoms with Crippen LogP contribution in [0.4, 0.5) is 11.9 Å². The minimum absolute atomic E-state index is 0.211. The fourth-order valence-corrected chi connectivity index (χ4v) is 1.95. The van der Waals surface area contributed by atoms with Crippen molar-refractivity contribution in [3.63, 3.8) is 0 Å². The number of aromatic nitrogens is 5. The zero-order valence-electron chi connectivity index (χ0n) is 12.0. The van der Waals surface area contributed by atoms with Gasteiger partial charge in [0.15, 0.2) is 0 Å². The van der Waals surface area contributed by atoms with Crippen LogP contribution in [0.25, 0.3) is 0 Å². The van der Waals surface area contributed by atoms with Crippen molar-refractivity contribution in [1.29, 1.82) is 0 Å². The molecule has 0 spiro atoms. The normalized spacial score (nSPS) is 15.0. The van der Waals surface area contributed by atoms with Gasteiger partial charge in [-0.3, -0.25) is 5.10 Å². The summed E-state index contributed by atoms with van der Waals surface area (Å²) in [5.74, 6) is 1.45. The van der Waals surface area contributed by atoms with Crippen molar-refractivity contribution >= 4 is 11.9 Å². The molecule has 2 N–H and O–H groups in total. The maximum absolute atomic E-state index is 5.57. The van der Waals surface area contributed by atoms with Crippen LogP contribution < -0.4 is 15.0 Å². The molecule has 2 aromatic rings. The van der Waals surface area contributed by atoms with Crippen LogP contribution >= 0.6 is 0 Å². The number of ether oxygens (including phenoxy) is 2. The third-order valence-electron chi connectivity index (χ3n) is 3.00. The Labute approximate surface area is 121 Å². The van der Waals surface area contributed by atoms with Crippen LogP contribution in [0.5, 0.6) is 11.9 Å². The van der Waals surface area contributed by atoms with Crippen LogP contribution in [0.15, 0.2) is 6.07 Å². The molecule has 0 bridgehead atoms. The summed E-state index contributed by atoms with van der Waals surface area (Å²) in [5.41, 5.74) is 0.904. The summed E-state index contributed by atoms with van der Waals surface area (Å²) in [5, 5.41) is 9.72. The molecule has 1 aliphatic rings. The van der Waals surface area contributed by atoms with Crippen LogP contribution in [-0.4, -0.2) is 58.5 Å². The molecule has 1 saturated heterocycles. The smallest absolute Gasteiger partial charge is 0.330 e. The molecule has 112 valence electrons. The van der Waals surface area contributed by atoms with E-state index in [2.05, 4.69) is 30.5 Å². The predicted octanol–water partition coefficient (Wildman–Crippen LogP) is 0.574. The van der Waals surface area contributed by atoms with Gasteiger partial charge >= 0.3 is 6.01 Å². The van der Waals surface area contributed by atoms with Gasteiger partial charge in [0.25, 0.3) is 0 Å². The molecule has 0 radical (unpaired) electrons. The Kier molecular flexibility index (Phi) is 3.82. The first kappa shape index (κ1) is 13.6. The molecule has 9 heteroatoms. The molecular formula is C12H17N7O2. The summed E-state index contributed by atoms with van der Waals surface area (Å²) in [4.78, 5) is 14.9. The minimum Gasteiger partial charge on any atom is -0.403 e. The van der Waals surface area contributed by atoms with Gasteiger partial charge in [-0.25, -0.2) is 0 Å². The lowest BCUT2D eigenvalue weighted by Crippen LogP contribution is -2.37. The molecule has 0 atom stereocenters. The quantitative estimate of drug-likeness (QED) is 0.843. The number of aromatic amines is 1. The van der Waals surface area contributed by atoms with Crippen molar-refractivity contribution in [2.45, 2.75) is 6.92 Å². The van der Waals surface area contributed by atoms with Crippen LogP contribution in [-0.2, 0) is 4.74 Å². The van der Waals surface area contributed by atoms with Gasteiger partial charge in [-0.15, -0.1) is 5.10 Å². The molecule has 3 rings (SSSR count). The average Bonchev–Trinajstić information content (AvgIpc) is 2.93. The molecule has 0 saturated carbocycles. The Hall–Kier alpha value is -2.42. The molecule has 0 aromatic carbocycles. The third-order valence-corrected chi connectivity index (χ3v) is 3.00. The van der Waals surface area contributed by atoms with E-state index in [4.69, 9.17) is 9.47 Å². The zero-order chi connectivity index (χ0) is 14.7. The number of morpholine rings is 1. The molecule has 0 aliphatic carbocycles. The maximum Gasteiger partial charge on any atom is 0.330 e. The molecule has 21 heavy (non-hydrogen) atoms. The highest BCUT2D eigenvalue weighted by atomic mass is 16.5. The van der Waals surface area contributed by atoms with E-state index in [1.165, 1.54) is 0 Å². The molecule has 1 fully saturated rings. The van der Waals surface area contributed by atoms with Gasteiger partial charge in [0, 0.05) is 31.9 Å². The highest BCUT2D eigenvalue weighted by molar-refractivity contribution is 5.38. The second kappa shape index (κ2) is 5.92. The minimum atomic E-state index is 0.211. The van der Waals surface area contributed by atoms with Crippen LogP contribution in [0.2, 0.25) is 0 Å². The first-order chi connectivity index (χ1) is 10.2. The van der Waals surface area contributed by atoms with E-state index in [0.29, 0.717) is 31.0 Å². The highest BCUT2D eigenvalue weighted by Crippen LogP contribution is 2.20. The SMILES string of the molecule is CNc1nc(Oc2cc(C)[nH]n2)nc(N2CCOCC2)n1. The van der Waals surface area contributed by atoms with E-state index in [1.54, 1.807) is 13.1 Å². The zero-order valence-corrected chi connectivity index (χ0v) is 12.0. The van der Waals surface area contributed by atoms with Crippen LogP contribution in [0, 0.1) is 6.92 Å². The maximum atomic E-state index is 5.57. The van der Waals surface area contributed by atoms with E-state index in [1.807, 2.05) is 11.8 Å². The topological polar surface area (TPSA) is 101 Å². The number of aryl methyl sites for hydroxylation is 1. The first-order valence-electron chi connectivity index (χ1n) is 6.71. The number of nitrogens with zero attached hydrogens (tertiary/aromatic N) is 5. The number of nitrogens with one attached hydrogen (secondary N) is 2. The molecular weight excluding hydrogens is 274 g/mol. The fourth-order valence-electron chi connectivity index (χ4n) is 1.95. The molecule has 3 heterocycles. The summed E-state index contributed by atoms with van der Waals surface area (Å²) in [6, 6.07) is 1.99. The molecule has 0 unspecified atom stereocenters. The average molecular weight is 291 g/mol. The Bertz CT molecular complexity index is 609. The largest absolute Gasteiger partial charge is 0.403 e. The summed E-state index contributed by atoms with van der Waals surface area (Å²) in [7, 11) is 1.75. The van der Waals surface area contributed by atoms with Crippen LogP contribution in [0.1, 0.15) is 5.69 Å². The van der Waals surface area contributed by atoms with Crippen molar-refractivity contribution in [2.24, 2.45) is 0 Å². The fraction of sp³-hybridized carbons (Fsp3) is 0.500. The van der Waals surface area contributed by atoms with Gasteiger partial charge in [-0.1, -0.05) is 0 Å². The second-order valence-electron chi connectivity index (χ2n) is 4.58. The predicted molar refractivity (Wildman–Crippen MR) is 75.8 cm³/mol. The lowest BCUT2D eigenvalue weighted by molar-refractivity contribution is 0.122. The molecule has 1 aliphatic heterocycles. The van der Waals surface area contributed by atoms with Crippen molar-refractivity contribution in [3.05, 3.63) is 11.8 Å². The van der Waals surface area contributed by atoms with E-state index >= 15 is 0 Å². The summed E-state index contributed by atoms with van der Waals surface area (Å²) in [6.07, 6.45) is 0. The Morgan fingerprint density at radius 1 is 1.29 bits per heavy atom. The van der Waals surface area contributed by atoms with Gasteiger partial charge < -0.3 is 19.7 Å². The number of hydrogen-bond donors (Lipinski definition) is 2. The van der Waals surface area contributed by atoms with Crippen molar-refractivity contribution in [3.8, 4) is 11.9 Å². The number of anilines is 2. The first-order valence-corrected chi connectivity index (χ1v) is 6.71. The van der Waals surface area contributed by atoms with E-state index in [0.717, 1.165) is 18.8 Å².